The third kappa shape index (κ3) is 3.36. The van der Waals surface area contributed by atoms with Crippen LogP contribution in [0.1, 0.15) is 43.7 Å². The molecule has 0 amide bonds. The number of carbonyl (C=O) groups excluding carboxylic acids is 1. The maximum Gasteiger partial charge on any atom is 0.162 e. The van der Waals surface area contributed by atoms with Gasteiger partial charge in [-0.3, -0.25) is 9.78 Å². The first-order valence-corrected chi connectivity index (χ1v) is 11.6. The van der Waals surface area contributed by atoms with Crippen LogP contribution in [0.25, 0.3) is 22.0 Å². The first kappa shape index (κ1) is 19.9. The van der Waals surface area contributed by atoms with E-state index < -0.39 is 0 Å². The fourth-order valence-electron chi connectivity index (χ4n) is 5.52. The van der Waals surface area contributed by atoms with E-state index in [4.69, 9.17) is 0 Å². The van der Waals surface area contributed by atoms with Crippen LogP contribution >= 0.6 is 0 Å². The zero-order chi connectivity index (χ0) is 22.6. The van der Waals surface area contributed by atoms with Crippen LogP contribution < -0.4 is 5.32 Å². The van der Waals surface area contributed by atoms with Crippen LogP contribution in [0.2, 0.25) is 0 Å². The highest BCUT2D eigenvalue weighted by molar-refractivity contribution is 6.04. The van der Waals surface area contributed by atoms with Crippen LogP contribution in [-0.2, 0) is 4.79 Å². The van der Waals surface area contributed by atoms with Crippen molar-refractivity contribution in [2.75, 3.05) is 5.32 Å². The van der Waals surface area contributed by atoms with E-state index in [2.05, 4.69) is 90.9 Å². The van der Waals surface area contributed by atoms with E-state index in [1.165, 1.54) is 11.1 Å². The minimum absolute atomic E-state index is 0.0411. The molecule has 0 unspecified atom stereocenters. The number of benzene rings is 3. The van der Waals surface area contributed by atoms with Crippen molar-refractivity contribution in [3.05, 3.63) is 107 Å². The summed E-state index contributed by atoms with van der Waals surface area (Å²) in [5.74, 6) is 0.148. The lowest BCUT2D eigenvalue weighted by molar-refractivity contribution is -0.118. The van der Waals surface area contributed by atoms with Crippen molar-refractivity contribution in [3.8, 4) is 11.1 Å². The molecule has 0 saturated carbocycles. The number of fused-ring (bicyclic) bond motifs is 3. The monoisotopic (exact) mass is 430 g/mol. The van der Waals surface area contributed by atoms with Crippen molar-refractivity contribution in [2.45, 2.75) is 32.6 Å². The van der Waals surface area contributed by atoms with E-state index in [-0.39, 0.29) is 17.1 Å². The number of carbonyl (C=O) groups is 1. The summed E-state index contributed by atoms with van der Waals surface area (Å²) < 4.78 is 0. The molecule has 1 aliphatic heterocycles. The van der Waals surface area contributed by atoms with E-state index in [0.717, 1.165) is 45.4 Å². The van der Waals surface area contributed by atoms with Crippen molar-refractivity contribution in [2.24, 2.45) is 5.41 Å². The number of hydrogen-bond acceptors (Lipinski definition) is 3. The standard InChI is InChI=1S/C30H26N2O/c1-30(2)17-25-29(26(33)18-30)27(21-12-10-20(11-13-21)19-7-4-3-5-8-19)28-22-9-6-16-31-23(22)14-15-24(28)32-25/h3-16,27,32H,17-18H2,1-2H3/t27-/m0/s1. The number of Topliss-reactive ketones (excluding diaryl/α,β-unsaturated/α-hetero) is 1. The first-order chi connectivity index (χ1) is 16.0. The maximum absolute atomic E-state index is 13.5. The zero-order valence-electron chi connectivity index (χ0n) is 18.9. The SMILES string of the molecule is CC1(C)CC(=O)C2=C(C1)Nc1ccc3ncccc3c1[C@@H]2c1ccc(-c2ccccc2)cc1. The third-order valence-electron chi connectivity index (χ3n) is 6.96. The number of ketones is 1. The van der Waals surface area contributed by atoms with Crippen LogP contribution in [0.5, 0.6) is 0 Å². The highest BCUT2D eigenvalue weighted by Crippen LogP contribution is 2.50. The summed E-state index contributed by atoms with van der Waals surface area (Å²) in [7, 11) is 0. The van der Waals surface area contributed by atoms with Gasteiger partial charge < -0.3 is 5.32 Å². The number of aromatic nitrogens is 1. The fraction of sp³-hybridized carbons (Fsp3) is 0.200. The minimum Gasteiger partial charge on any atom is -0.358 e. The van der Waals surface area contributed by atoms with Gasteiger partial charge in [0.25, 0.3) is 0 Å². The lowest BCUT2D eigenvalue weighted by Gasteiger charge is -2.40. The summed E-state index contributed by atoms with van der Waals surface area (Å²) in [5, 5.41) is 4.75. The number of rotatable bonds is 2. The van der Waals surface area contributed by atoms with E-state index in [9.17, 15) is 4.79 Å². The Morgan fingerprint density at radius 3 is 2.39 bits per heavy atom. The van der Waals surface area contributed by atoms with E-state index >= 15 is 0 Å². The Morgan fingerprint density at radius 2 is 1.61 bits per heavy atom. The van der Waals surface area contributed by atoms with Crippen LogP contribution in [0.3, 0.4) is 0 Å². The maximum atomic E-state index is 13.5. The van der Waals surface area contributed by atoms with Gasteiger partial charge in [0.15, 0.2) is 5.78 Å². The molecule has 0 fully saturated rings. The Balaban J connectivity index is 1.56. The summed E-state index contributed by atoms with van der Waals surface area (Å²) in [6.45, 7) is 4.36. The average Bonchev–Trinajstić information content (AvgIpc) is 2.82. The lowest BCUT2D eigenvalue weighted by atomic mass is 9.68. The molecule has 3 heteroatoms. The normalized spacial score (nSPS) is 19.1. The Hall–Kier alpha value is -3.72. The molecule has 1 aromatic heterocycles. The van der Waals surface area contributed by atoms with Gasteiger partial charge in [-0.2, -0.15) is 0 Å². The predicted octanol–water partition coefficient (Wildman–Crippen LogP) is 7.10. The predicted molar refractivity (Wildman–Crippen MR) is 134 cm³/mol. The van der Waals surface area contributed by atoms with Crippen LogP contribution in [0, 0.1) is 5.41 Å². The molecule has 0 saturated heterocycles. The lowest BCUT2D eigenvalue weighted by Crippen LogP contribution is -2.33. The molecular formula is C30H26N2O. The third-order valence-corrected chi connectivity index (χ3v) is 6.96. The van der Waals surface area contributed by atoms with Crippen molar-refractivity contribution >= 4 is 22.4 Å². The van der Waals surface area contributed by atoms with Gasteiger partial charge in [-0.25, -0.2) is 0 Å². The molecule has 2 heterocycles. The van der Waals surface area contributed by atoms with Crippen molar-refractivity contribution in [1.82, 2.24) is 4.98 Å². The number of nitrogens with zero attached hydrogens (tertiary/aromatic N) is 1. The van der Waals surface area contributed by atoms with E-state index in [1.54, 1.807) is 0 Å². The number of allylic oxidation sites excluding steroid dienone is 2. The fourth-order valence-corrected chi connectivity index (χ4v) is 5.52. The summed E-state index contributed by atoms with van der Waals surface area (Å²) in [6, 6.07) is 27.4. The Morgan fingerprint density at radius 1 is 0.848 bits per heavy atom. The molecule has 1 aliphatic carbocycles. The van der Waals surface area contributed by atoms with Gasteiger partial charge in [0.2, 0.25) is 0 Å². The van der Waals surface area contributed by atoms with Crippen molar-refractivity contribution in [1.29, 1.82) is 0 Å². The second-order valence-electron chi connectivity index (χ2n) is 9.98. The summed E-state index contributed by atoms with van der Waals surface area (Å²) in [5.41, 5.74) is 8.66. The zero-order valence-corrected chi connectivity index (χ0v) is 18.9. The first-order valence-electron chi connectivity index (χ1n) is 11.6. The minimum atomic E-state index is -0.0995. The molecular weight excluding hydrogens is 404 g/mol. The molecule has 33 heavy (non-hydrogen) atoms. The van der Waals surface area contributed by atoms with Crippen molar-refractivity contribution < 1.29 is 4.79 Å². The molecule has 1 N–H and O–H groups in total. The summed E-state index contributed by atoms with van der Waals surface area (Å²) in [6.07, 6.45) is 3.27. The van der Waals surface area contributed by atoms with Crippen LogP contribution in [0.15, 0.2) is 96.3 Å². The molecule has 0 bridgehead atoms. The molecule has 0 radical (unpaired) electrons. The Kier molecular flexibility index (Phi) is 4.48. The Bertz CT molecular complexity index is 1420. The second-order valence-corrected chi connectivity index (χ2v) is 9.98. The van der Waals surface area contributed by atoms with Gasteiger partial charge >= 0.3 is 0 Å². The van der Waals surface area contributed by atoms with Crippen LogP contribution in [0.4, 0.5) is 5.69 Å². The molecule has 162 valence electrons. The summed E-state index contributed by atoms with van der Waals surface area (Å²) in [4.78, 5) is 18.1. The average molecular weight is 431 g/mol. The van der Waals surface area contributed by atoms with Gasteiger partial charge in [-0.05, 0) is 52.3 Å². The van der Waals surface area contributed by atoms with E-state index in [1.807, 2.05) is 18.3 Å². The smallest absolute Gasteiger partial charge is 0.162 e. The van der Waals surface area contributed by atoms with Gasteiger partial charge in [0.1, 0.15) is 0 Å². The molecule has 3 aromatic carbocycles. The highest BCUT2D eigenvalue weighted by atomic mass is 16.1. The van der Waals surface area contributed by atoms with Gasteiger partial charge in [0, 0.05) is 40.9 Å². The second kappa shape index (κ2) is 7.41. The topological polar surface area (TPSA) is 42.0 Å². The highest BCUT2D eigenvalue weighted by Gasteiger charge is 2.41. The number of hydrogen-bond donors (Lipinski definition) is 1. The van der Waals surface area contributed by atoms with Crippen LogP contribution in [-0.4, -0.2) is 10.8 Å². The molecule has 2 aliphatic rings. The molecule has 1 atom stereocenters. The molecule has 6 rings (SSSR count). The summed E-state index contributed by atoms with van der Waals surface area (Å²) >= 11 is 0. The van der Waals surface area contributed by atoms with Gasteiger partial charge in [-0.15, -0.1) is 0 Å². The Labute approximate surface area is 194 Å². The van der Waals surface area contributed by atoms with Gasteiger partial charge in [-0.1, -0.05) is 74.5 Å². The number of anilines is 1. The van der Waals surface area contributed by atoms with E-state index in [0.29, 0.717) is 6.42 Å². The molecule has 0 spiro atoms. The molecule has 3 nitrogen and oxygen atoms in total. The molecule has 4 aromatic rings. The quantitative estimate of drug-likeness (QED) is 0.369. The number of nitrogens with one attached hydrogen (secondary N) is 1. The number of pyridine rings is 1. The van der Waals surface area contributed by atoms with Gasteiger partial charge in [0.05, 0.1) is 5.52 Å². The largest absolute Gasteiger partial charge is 0.358 e. The van der Waals surface area contributed by atoms with Crippen molar-refractivity contribution in [3.63, 3.8) is 0 Å².